The smallest absolute Gasteiger partial charge is 0.337 e. The Kier molecular flexibility index (Phi) is 5.59. The van der Waals surface area contributed by atoms with E-state index in [0.717, 1.165) is 0 Å². The third-order valence-electron chi connectivity index (χ3n) is 2.45. The molecule has 0 saturated heterocycles. The Labute approximate surface area is 114 Å². The minimum atomic E-state index is -1.66. The molecule has 1 aromatic carbocycles. The fourth-order valence-electron chi connectivity index (χ4n) is 1.50. The lowest BCUT2D eigenvalue weighted by molar-refractivity contribution is -0.146. The largest absolute Gasteiger partial charge is 0.479 e. The van der Waals surface area contributed by atoms with Crippen LogP contribution in [0.4, 0.5) is 0 Å². The summed E-state index contributed by atoms with van der Waals surface area (Å²) in [4.78, 5) is 22.5. The highest BCUT2D eigenvalue weighted by molar-refractivity contribution is 6.20. The number of carbonyl (C=O) groups is 2. The summed E-state index contributed by atoms with van der Waals surface area (Å²) in [5.41, 5.74) is 1.05. The third kappa shape index (κ3) is 3.45. The van der Waals surface area contributed by atoms with E-state index in [-0.39, 0.29) is 29.5 Å². The Bertz CT molecular complexity index is 459. The van der Waals surface area contributed by atoms with Crippen LogP contribution in [0.3, 0.4) is 0 Å². The number of Topliss-reactive ketones (excluding diaryl/α,β-unsaturated/α-hetero) is 1. The molecule has 1 atom stereocenters. The van der Waals surface area contributed by atoms with Crippen molar-refractivity contribution in [1.82, 2.24) is 0 Å². The number of aliphatic carboxylic acids is 1. The molecule has 0 heterocycles. The number of rotatable bonds is 6. The Morgan fingerprint density at radius 2 is 1.94 bits per heavy atom. The van der Waals surface area contributed by atoms with E-state index in [2.05, 4.69) is 0 Å². The van der Waals surface area contributed by atoms with E-state index in [1.165, 1.54) is 18.2 Å². The number of aliphatic hydroxyl groups is 1. The number of benzene rings is 1. The van der Waals surface area contributed by atoms with Crippen molar-refractivity contribution in [2.24, 2.45) is 0 Å². The van der Waals surface area contributed by atoms with E-state index in [0.29, 0.717) is 11.1 Å². The number of carboxylic acids is 1. The first-order valence-corrected chi connectivity index (χ1v) is 6.27. The van der Waals surface area contributed by atoms with E-state index in [4.69, 9.17) is 28.3 Å². The lowest BCUT2D eigenvalue weighted by Gasteiger charge is -2.11. The van der Waals surface area contributed by atoms with Crippen LogP contribution in [0.25, 0.3) is 0 Å². The van der Waals surface area contributed by atoms with Gasteiger partial charge in [-0.2, -0.15) is 0 Å². The van der Waals surface area contributed by atoms with Crippen LogP contribution in [0.5, 0.6) is 0 Å². The summed E-state index contributed by atoms with van der Waals surface area (Å²) in [5, 5.41) is 18.1. The molecule has 4 nitrogen and oxygen atoms in total. The van der Waals surface area contributed by atoms with Gasteiger partial charge in [0.1, 0.15) is 0 Å². The van der Waals surface area contributed by atoms with Crippen molar-refractivity contribution < 1.29 is 19.8 Å². The molecule has 6 heteroatoms. The van der Waals surface area contributed by atoms with Crippen LogP contribution in [-0.2, 0) is 10.7 Å². The summed E-state index contributed by atoms with van der Waals surface area (Å²) >= 11 is 11.2. The lowest BCUT2D eigenvalue weighted by atomic mass is 9.98. The maximum absolute atomic E-state index is 11.8. The number of hydrogen-bond acceptors (Lipinski definition) is 3. The molecule has 1 rings (SSSR count). The zero-order valence-electron chi connectivity index (χ0n) is 9.40. The number of hydrogen-bond donors (Lipinski definition) is 2. The first-order valence-electron chi connectivity index (χ1n) is 5.20. The molecule has 1 unspecified atom stereocenters. The predicted molar refractivity (Wildman–Crippen MR) is 68.3 cm³/mol. The summed E-state index contributed by atoms with van der Waals surface area (Å²) in [7, 11) is 0. The van der Waals surface area contributed by atoms with Gasteiger partial charge < -0.3 is 10.2 Å². The molecule has 0 bridgehead atoms. The SMILES string of the molecule is O=C(CCCl)c1cc(C(O)C(=O)O)ccc1CCl. The summed E-state index contributed by atoms with van der Waals surface area (Å²) in [6.45, 7) is 0. The van der Waals surface area contributed by atoms with Gasteiger partial charge in [0.15, 0.2) is 11.9 Å². The Morgan fingerprint density at radius 1 is 1.28 bits per heavy atom. The topological polar surface area (TPSA) is 74.6 Å². The van der Waals surface area contributed by atoms with Gasteiger partial charge in [-0.1, -0.05) is 12.1 Å². The van der Waals surface area contributed by atoms with Crippen LogP contribution in [-0.4, -0.2) is 27.8 Å². The molecule has 0 amide bonds. The van der Waals surface area contributed by atoms with Gasteiger partial charge in [0.05, 0.1) is 0 Å². The van der Waals surface area contributed by atoms with Gasteiger partial charge in [0.2, 0.25) is 0 Å². The number of ketones is 1. The second kappa shape index (κ2) is 6.73. The van der Waals surface area contributed by atoms with E-state index in [1.807, 2.05) is 0 Å². The quantitative estimate of drug-likeness (QED) is 0.623. The fourth-order valence-corrected chi connectivity index (χ4v) is 1.91. The summed E-state index contributed by atoms with van der Waals surface area (Å²) in [5.74, 6) is -1.29. The average Bonchev–Trinajstić information content (AvgIpc) is 2.37. The molecule has 0 saturated carbocycles. The second-order valence-corrected chi connectivity index (χ2v) is 4.30. The Balaban J connectivity index is 3.17. The van der Waals surface area contributed by atoms with Crippen molar-refractivity contribution >= 4 is 35.0 Å². The first kappa shape index (κ1) is 15.0. The first-order chi connectivity index (χ1) is 8.51. The molecule has 0 aliphatic heterocycles. The Hall–Kier alpha value is -1.10. The van der Waals surface area contributed by atoms with Gasteiger partial charge in [-0.05, 0) is 17.2 Å². The van der Waals surface area contributed by atoms with Crippen molar-refractivity contribution in [1.29, 1.82) is 0 Å². The van der Waals surface area contributed by atoms with Crippen molar-refractivity contribution in [3.63, 3.8) is 0 Å². The van der Waals surface area contributed by atoms with Gasteiger partial charge in [0, 0.05) is 23.7 Å². The van der Waals surface area contributed by atoms with Crippen molar-refractivity contribution in [2.45, 2.75) is 18.4 Å². The number of carbonyl (C=O) groups excluding carboxylic acids is 1. The van der Waals surface area contributed by atoms with Crippen LogP contribution >= 0.6 is 23.2 Å². The molecule has 0 spiro atoms. The highest BCUT2D eigenvalue weighted by Gasteiger charge is 2.19. The molecule has 0 radical (unpaired) electrons. The van der Waals surface area contributed by atoms with Crippen molar-refractivity contribution in [3.8, 4) is 0 Å². The highest BCUT2D eigenvalue weighted by Crippen LogP contribution is 2.21. The third-order valence-corrected chi connectivity index (χ3v) is 2.93. The lowest BCUT2D eigenvalue weighted by Crippen LogP contribution is -2.12. The summed E-state index contributed by atoms with van der Waals surface area (Å²) in [6.07, 6.45) is -1.52. The van der Waals surface area contributed by atoms with Gasteiger partial charge in [-0.25, -0.2) is 4.79 Å². The predicted octanol–water partition coefficient (Wildman–Crippen LogP) is 2.36. The molecular weight excluding hydrogens is 279 g/mol. The van der Waals surface area contributed by atoms with E-state index in [9.17, 15) is 14.7 Å². The summed E-state index contributed by atoms with van der Waals surface area (Å²) in [6, 6.07) is 4.33. The number of aliphatic hydroxyl groups excluding tert-OH is 1. The minimum absolute atomic E-state index is 0.132. The molecule has 98 valence electrons. The van der Waals surface area contributed by atoms with Crippen molar-refractivity contribution in [3.05, 3.63) is 34.9 Å². The highest BCUT2D eigenvalue weighted by atomic mass is 35.5. The monoisotopic (exact) mass is 290 g/mol. The minimum Gasteiger partial charge on any atom is -0.479 e. The van der Waals surface area contributed by atoms with Crippen LogP contribution in [0, 0.1) is 0 Å². The van der Waals surface area contributed by atoms with E-state index in [1.54, 1.807) is 0 Å². The van der Waals surface area contributed by atoms with Crippen LogP contribution < -0.4 is 0 Å². The zero-order chi connectivity index (χ0) is 13.7. The molecule has 1 aromatic rings. The molecule has 0 aliphatic carbocycles. The van der Waals surface area contributed by atoms with E-state index < -0.39 is 12.1 Å². The maximum atomic E-state index is 11.8. The molecule has 2 N–H and O–H groups in total. The van der Waals surface area contributed by atoms with Crippen LogP contribution in [0.15, 0.2) is 18.2 Å². The standard InChI is InChI=1S/C12H12Cl2O4/c13-4-3-10(15)9-5-7(11(16)12(17)18)1-2-8(9)6-14/h1-2,5,11,16H,3-4,6H2,(H,17,18). The fraction of sp³-hybridized carbons (Fsp3) is 0.333. The molecule has 0 aliphatic rings. The summed E-state index contributed by atoms with van der Waals surface area (Å²) < 4.78 is 0. The molecule has 18 heavy (non-hydrogen) atoms. The maximum Gasteiger partial charge on any atom is 0.337 e. The van der Waals surface area contributed by atoms with Crippen molar-refractivity contribution in [2.75, 3.05) is 5.88 Å². The number of carboxylic acid groups (broad SMARTS) is 1. The number of alkyl halides is 2. The van der Waals surface area contributed by atoms with Crippen LogP contribution in [0.1, 0.15) is 34.0 Å². The Morgan fingerprint density at radius 3 is 2.44 bits per heavy atom. The molecule has 0 fully saturated rings. The van der Waals surface area contributed by atoms with Gasteiger partial charge >= 0.3 is 5.97 Å². The van der Waals surface area contributed by atoms with Gasteiger partial charge in [0.25, 0.3) is 0 Å². The molecular formula is C12H12Cl2O4. The second-order valence-electron chi connectivity index (χ2n) is 3.65. The van der Waals surface area contributed by atoms with Gasteiger partial charge in [-0.15, -0.1) is 23.2 Å². The van der Waals surface area contributed by atoms with E-state index >= 15 is 0 Å². The average molecular weight is 291 g/mol. The normalized spacial score (nSPS) is 12.2. The molecule has 0 aromatic heterocycles. The van der Waals surface area contributed by atoms with Crippen LogP contribution in [0.2, 0.25) is 0 Å². The van der Waals surface area contributed by atoms with Gasteiger partial charge in [-0.3, -0.25) is 4.79 Å². The number of halogens is 2. The zero-order valence-corrected chi connectivity index (χ0v) is 10.9.